The second kappa shape index (κ2) is 15.1. The minimum atomic E-state index is -1.56. The van der Waals surface area contributed by atoms with Crippen molar-refractivity contribution in [1.29, 1.82) is 5.41 Å². The molecular formula is C27H34N4O8. The summed E-state index contributed by atoms with van der Waals surface area (Å²) < 4.78 is 20.6. The number of nitrogens with one attached hydrogen (secondary N) is 2. The Bertz CT molecular complexity index is 1120. The van der Waals surface area contributed by atoms with E-state index in [1.807, 2.05) is 5.32 Å². The number of amides is 3. The lowest BCUT2D eigenvalue weighted by atomic mass is 10.1. The molecule has 0 bridgehead atoms. The van der Waals surface area contributed by atoms with Gasteiger partial charge in [0.15, 0.2) is 0 Å². The fraction of sp³-hybridized carbons (Fsp3) is 0.370. The van der Waals surface area contributed by atoms with Crippen molar-refractivity contribution in [3.8, 4) is 0 Å². The summed E-state index contributed by atoms with van der Waals surface area (Å²) in [5, 5.41) is 9.84. The molecule has 2 aromatic rings. The maximum atomic E-state index is 13.1. The third kappa shape index (κ3) is 11.2. The third-order valence-corrected chi connectivity index (χ3v) is 4.89. The van der Waals surface area contributed by atoms with Crippen molar-refractivity contribution in [2.75, 3.05) is 6.54 Å². The number of amidine groups is 1. The second-order valence-electron chi connectivity index (χ2n) is 9.27. The fourth-order valence-electron chi connectivity index (χ4n) is 3.14. The Morgan fingerprint density at radius 1 is 0.897 bits per heavy atom. The van der Waals surface area contributed by atoms with E-state index in [0.717, 1.165) is 0 Å². The van der Waals surface area contributed by atoms with Gasteiger partial charge in [-0.2, -0.15) is 4.90 Å². The van der Waals surface area contributed by atoms with E-state index in [1.165, 1.54) is 0 Å². The van der Waals surface area contributed by atoms with E-state index < -0.39 is 41.9 Å². The maximum Gasteiger partial charge on any atom is 0.420 e. The van der Waals surface area contributed by atoms with Crippen LogP contribution in [0.3, 0.4) is 0 Å². The van der Waals surface area contributed by atoms with Crippen LogP contribution in [0.4, 0.5) is 14.4 Å². The Morgan fingerprint density at radius 3 is 1.95 bits per heavy atom. The van der Waals surface area contributed by atoms with Crippen LogP contribution in [-0.4, -0.2) is 53.4 Å². The summed E-state index contributed by atoms with van der Waals surface area (Å²) in [5.74, 6) is -1.18. The number of imide groups is 1. The van der Waals surface area contributed by atoms with E-state index in [9.17, 15) is 19.2 Å². The lowest BCUT2D eigenvalue weighted by molar-refractivity contribution is -0.141. The van der Waals surface area contributed by atoms with Crippen molar-refractivity contribution in [1.82, 2.24) is 10.2 Å². The van der Waals surface area contributed by atoms with Gasteiger partial charge >= 0.3 is 24.2 Å². The van der Waals surface area contributed by atoms with Crippen molar-refractivity contribution in [2.24, 2.45) is 5.73 Å². The Labute approximate surface area is 226 Å². The number of hydrogen-bond acceptors (Lipinski definition) is 10. The molecule has 2 rings (SSSR count). The molecule has 2 aromatic carbocycles. The number of carbonyl (C=O) groups excluding carboxylic acids is 4. The van der Waals surface area contributed by atoms with Crippen LogP contribution in [0.1, 0.15) is 44.7 Å². The van der Waals surface area contributed by atoms with Crippen LogP contribution in [0.15, 0.2) is 60.7 Å². The first-order valence-corrected chi connectivity index (χ1v) is 12.2. The summed E-state index contributed by atoms with van der Waals surface area (Å²) in [6.45, 7) is 4.65. The summed E-state index contributed by atoms with van der Waals surface area (Å²) in [6.07, 6.45) is -3.25. The fourth-order valence-corrected chi connectivity index (χ4v) is 3.14. The summed E-state index contributed by atoms with van der Waals surface area (Å²) in [7, 11) is 0. The van der Waals surface area contributed by atoms with Crippen LogP contribution in [0, 0.1) is 5.41 Å². The lowest BCUT2D eigenvalue weighted by Gasteiger charge is -2.30. The summed E-state index contributed by atoms with van der Waals surface area (Å²) in [6, 6.07) is 15.0. The third-order valence-electron chi connectivity index (χ3n) is 4.89. The normalized spacial score (nSPS) is 11.5. The average Bonchev–Trinajstić information content (AvgIpc) is 2.88. The van der Waals surface area contributed by atoms with Gasteiger partial charge in [0.05, 0.1) is 0 Å². The highest BCUT2D eigenvalue weighted by Crippen LogP contribution is 2.18. The number of nitrogens with two attached hydrogens (primary N) is 1. The van der Waals surface area contributed by atoms with Gasteiger partial charge in [-0.1, -0.05) is 60.7 Å². The first kappa shape index (κ1) is 30.8. The molecule has 12 nitrogen and oxygen atoms in total. The van der Waals surface area contributed by atoms with Gasteiger partial charge in [0.2, 0.25) is 0 Å². The highest BCUT2D eigenvalue weighted by Gasteiger charge is 2.40. The molecule has 0 aliphatic carbocycles. The number of carbonyl (C=O) groups is 4. The molecule has 0 aromatic heterocycles. The van der Waals surface area contributed by atoms with Gasteiger partial charge in [-0.05, 0) is 51.3 Å². The van der Waals surface area contributed by atoms with Gasteiger partial charge in [-0.15, -0.1) is 0 Å². The van der Waals surface area contributed by atoms with Gasteiger partial charge in [0, 0.05) is 0 Å². The molecule has 0 heterocycles. The van der Waals surface area contributed by atoms with E-state index in [0.29, 0.717) is 16.0 Å². The first-order valence-electron chi connectivity index (χ1n) is 12.2. The number of rotatable bonds is 9. The van der Waals surface area contributed by atoms with Gasteiger partial charge in [0.1, 0.15) is 24.9 Å². The summed E-state index contributed by atoms with van der Waals surface area (Å²) in [5.41, 5.74) is 5.95. The van der Waals surface area contributed by atoms with Crippen molar-refractivity contribution in [3.63, 3.8) is 0 Å². The summed E-state index contributed by atoms with van der Waals surface area (Å²) >= 11 is 0. The highest BCUT2D eigenvalue weighted by molar-refractivity contribution is 5.99. The first-order chi connectivity index (χ1) is 18.5. The highest BCUT2D eigenvalue weighted by atomic mass is 16.6. The van der Waals surface area contributed by atoms with Crippen LogP contribution >= 0.6 is 0 Å². The van der Waals surface area contributed by atoms with Crippen LogP contribution < -0.4 is 11.1 Å². The minimum absolute atomic E-state index is 0.0767. The zero-order valence-electron chi connectivity index (χ0n) is 22.2. The second-order valence-corrected chi connectivity index (χ2v) is 9.27. The lowest BCUT2D eigenvalue weighted by Crippen LogP contribution is -2.52. The van der Waals surface area contributed by atoms with Crippen molar-refractivity contribution in [2.45, 2.75) is 58.5 Å². The zero-order chi connectivity index (χ0) is 28.8. The predicted octanol–water partition coefficient (Wildman–Crippen LogP) is 4.07. The smallest absolute Gasteiger partial charge is 0.420 e. The molecule has 39 heavy (non-hydrogen) atoms. The van der Waals surface area contributed by atoms with Gasteiger partial charge in [-0.3, -0.25) is 5.41 Å². The van der Waals surface area contributed by atoms with E-state index in [2.05, 4.69) is 0 Å². The number of nitrogens with zero attached hydrogens (tertiary/aromatic N) is 1. The summed E-state index contributed by atoms with van der Waals surface area (Å²) in [4.78, 5) is 51.7. The maximum absolute atomic E-state index is 13.1. The largest absolute Gasteiger partial charge is 0.444 e. The van der Waals surface area contributed by atoms with E-state index in [4.69, 9.17) is 30.1 Å². The van der Waals surface area contributed by atoms with Crippen LogP contribution in [-0.2, 0) is 37.0 Å². The molecule has 12 heteroatoms. The Hall–Kier alpha value is -4.45. The number of benzene rings is 2. The number of alkyl carbamates (subject to hydrolysis) is 1. The monoisotopic (exact) mass is 542 g/mol. The van der Waals surface area contributed by atoms with Crippen molar-refractivity contribution in [3.05, 3.63) is 71.8 Å². The molecule has 0 unspecified atom stereocenters. The van der Waals surface area contributed by atoms with E-state index in [-0.39, 0.29) is 32.6 Å². The van der Waals surface area contributed by atoms with Crippen molar-refractivity contribution >= 4 is 30.3 Å². The Balaban J connectivity index is 2.14. The number of esters is 1. The average molecular weight is 543 g/mol. The molecule has 0 aliphatic rings. The standard InChI is InChI=1S/C27H34N4O8/c1-27(2,3)39-26(35)31(25(34)37-18-20-13-8-5-9-14-20)21(15-10-16-28)22(32)38-23(29)30-24(33)36-17-19-11-6-4-7-12-19/h4-9,11-14,21H,10,15-18,28H2,1-3H3,(H2,29,30,33)/t21-/m0/s1. The minimum Gasteiger partial charge on any atom is -0.444 e. The van der Waals surface area contributed by atoms with Crippen LogP contribution in [0.25, 0.3) is 0 Å². The molecule has 0 aliphatic heterocycles. The molecule has 210 valence electrons. The molecule has 0 fully saturated rings. The van der Waals surface area contributed by atoms with Gasteiger partial charge in [0.25, 0.3) is 6.02 Å². The molecular weight excluding hydrogens is 508 g/mol. The Kier molecular flexibility index (Phi) is 11.9. The number of hydrogen-bond donors (Lipinski definition) is 3. The van der Waals surface area contributed by atoms with Gasteiger partial charge in [-0.25, -0.2) is 24.5 Å². The van der Waals surface area contributed by atoms with E-state index >= 15 is 0 Å². The molecule has 0 radical (unpaired) electrons. The Morgan fingerprint density at radius 2 is 1.44 bits per heavy atom. The van der Waals surface area contributed by atoms with Crippen LogP contribution in [0.2, 0.25) is 0 Å². The molecule has 1 atom stereocenters. The quantitative estimate of drug-likeness (QED) is 0.183. The van der Waals surface area contributed by atoms with E-state index in [1.54, 1.807) is 81.4 Å². The molecule has 0 spiro atoms. The molecule has 3 amide bonds. The van der Waals surface area contributed by atoms with Gasteiger partial charge < -0.3 is 24.7 Å². The predicted molar refractivity (Wildman–Crippen MR) is 140 cm³/mol. The topological polar surface area (TPSA) is 170 Å². The number of ether oxygens (including phenoxy) is 4. The SMILES string of the molecule is CC(C)(C)OC(=O)N(C(=O)OCc1ccccc1)[C@@H](CCCN)C(=O)OC(=N)NC(=O)OCc1ccccc1. The molecule has 0 saturated carbocycles. The zero-order valence-corrected chi connectivity index (χ0v) is 22.2. The van der Waals surface area contributed by atoms with Crippen molar-refractivity contribution < 1.29 is 38.1 Å². The molecule has 0 saturated heterocycles. The molecule has 4 N–H and O–H groups in total. The van der Waals surface area contributed by atoms with Crippen LogP contribution in [0.5, 0.6) is 0 Å².